The molecule has 2 aromatic carbocycles. The van der Waals surface area contributed by atoms with Crippen molar-refractivity contribution >= 4 is 44.2 Å². The lowest BCUT2D eigenvalue weighted by molar-refractivity contribution is -0.115. The smallest absolute Gasteiger partial charge is 0.230 e. The third kappa shape index (κ3) is 2.96. The van der Waals surface area contributed by atoms with Crippen molar-refractivity contribution in [2.24, 2.45) is 0 Å². The van der Waals surface area contributed by atoms with Gasteiger partial charge in [-0.05, 0) is 30.7 Å². The molecule has 0 unspecified atom stereocenters. The summed E-state index contributed by atoms with van der Waals surface area (Å²) in [6, 6.07) is 10.2. The normalized spacial score (nSPS) is 10.9. The number of benzene rings is 2. The third-order valence-corrected chi connectivity index (χ3v) is 4.56. The molecule has 3 rings (SSSR count). The number of hydrogen-bond donors (Lipinski definition) is 1. The maximum Gasteiger partial charge on any atom is 0.230 e. The van der Waals surface area contributed by atoms with Gasteiger partial charge in [0.25, 0.3) is 0 Å². The number of anilines is 1. The Kier molecular flexibility index (Phi) is 4.09. The fourth-order valence-electron chi connectivity index (χ4n) is 2.16. The number of carbonyl (C=O) groups is 1. The van der Waals surface area contributed by atoms with Crippen LogP contribution in [0.3, 0.4) is 0 Å². The second-order valence-electron chi connectivity index (χ2n) is 4.87. The topological polar surface area (TPSA) is 42.0 Å². The van der Waals surface area contributed by atoms with Gasteiger partial charge in [0.05, 0.1) is 16.6 Å². The molecule has 0 spiro atoms. The molecule has 1 N–H and O–H groups in total. The van der Waals surface area contributed by atoms with Gasteiger partial charge >= 0.3 is 0 Å². The standard InChI is InChI=1S/C16H12ClFN2OS/c1-9-4-2-7-13-15(9)20-16(22-13)19-14(21)8-10-11(17)5-3-6-12(10)18/h2-7H,8H2,1H3,(H,19,20,21). The van der Waals surface area contributed by atoms with Gasteiger partial charge < -0.3 is 5.32 Å². The van der Waals surface area contributed by atoms with Crippen molar-refractivity contribution < 1.29 is 9.18 Å². The molecule has 0 saturated heterocycles. The monoisotopic (exact) mass is 334 g/mol. The van der Waals surface area contributed by atoms with Gasteiger partial charge in [0.2, 0.25) is 5.91 Å². The maximum absolute atomic E-state index is 13.7. The van der Waals surface area contributed by atoms with E-state index in [0.29, 0.717) is 5.13 Å². The van der Waals surface area contributed by atoms with Crippen LogP contribution in [0.4, 0.5) is 9.52 Å². The van der Waals surface area contributed by atoms with E-state index in [1.165, 1.54) is 23.5 Å². The lowest BCUT2D eigenvalue weighted by atomic mass is 10.1. The van der Waals surface area contributed by atoms with Crippen molar-refractivity contribution in [2.45, 2.75) is 13.3 Å². The van der Waals surface area contributed by atoms with Crippen LogP contribution in [-0.2, 0) is 11.2 Å². The van der Waals surface area contributed by atoms with Crippen LogP contribution in [0.5, 0.6) is 0 Å². The van der Waals surface area contributed by atoms with Crippen LogP contribution >= 0.6 is 22.9 Å². The molecule has 0 aliphatic carbocycles. The van der Waals surface area contributed by atoms with Gasteiger partial charge in [-0.25, -0.2) is 9.37 Å². The Hall–Kier alpha value is -1.98. The zero-order chi connectivity index (χ0) is 15.7. The quantitative estimate of drug-likeness (QED) is 0.761. The molecule has 0 aliphatic rings. The molecule has 0 bridgehead atoms. The van der Waals surface area contributed by atoms with Crippen LogP contribution in [0.1, 0.15) is 11.1 Å². The van der Waals surface area contributed by atoms with E-state index in [9.17, 15) is 9.18 Å². The minimum absolute atomic E-state index is 0.125. The second-order valence-corrected chi connectivity index (χ2v) is 6.30. The van der Waals surface area contributed by atoms with E-state index < -0.39 is 5.82 Å². The molecule has 22 heavy (non-hydrogen) atoms. The number of rotatable bonds is 3. The first-order valence-corrected chi connectivity index (χ1v) is 7.83. The maximum atomic E-state index is 13.7. The predicted octanol–water partition coefficient (Wildman–Crippen LogP) is 4.58. The second kappa shape index (κ2) is 6.02. The number of thiazole rings is 1. The average Bonchev–Trinajstić information content (AvgIpc) is 2.87. The number of aromatic nitrogens is 1. The average molecular weight is 335 g/mol. The molecule has 0 atom stereocenters. The first kappa shape index (κ1) is 14.9. The summed E-state index contributed by atoms with van der Waals surface area (Å²) in [7, 11) is 0. The predicted molar refractivity (Wildman–Crippen MR) is 88.1 cm³/mol. The van der Waals surface area contributed by atoms with Gasteiger partial charge in [-0.3, -0.25) is 4.79 Å². The van der Waals surface area contributed by atoms with Crippen molar-refractivity contribution in [1.82, 2.24) is 4.98 Å². The van der Waals surface area contributed by atoms with E-state index in [1.807, 2.05) is 25.1 Å². The summed E-state index contributed by atoms with van der Waals surface area (Å²) in [5, 5.41) is 3.45. The Morgan fingerprint density at radius 2 is 2.09 bits per heavy atom. The minimum atomic E-state index is -0.484. The lowest BCUT2D eigenvalue weighted by Gasteiger charge is -2.05. The minimum Gasteiger partial charge on any atom is -0.302 e. The van der Waals surface area contributed by atoms with Crippen molar-refractivity contribution in [2.75, 3.05) is 5.32 Å². The number of nitrogens with zero attached hydrogens (tertiary/aromatic N) is 1. The highest BCUT2D eigenvalue weighted by molar-refractivity contribution is 7.22. The van der Waals surface area contributed by atoms with Crippen molar-refractivity contribution in [3.63, 3.8) is 0 Å². The zero-order valence-electron chi connectivity index (χ0n) is 11.7. The SMILES string of the molecule is Cc1cccc2sc(NC(=O)Cc3c(F)cccc3Cl)nc12. The van der Waals surface area contributed by atoms with Crippen LogP contribution in [0.25, 0.3) is 10.2 Å². The largest absolute Gasteiger partial charge is 0.302 e. The van der Waals surface area contributed by atoms with E-state index in [0.717, 1.165) is 15.8 Å². The Labute approximate surface area is 135 Å². The van der Waals surface area contributed by atoms with Crippen LogP contribution < -0.4 is 5.32 Å². The molecule has 0 saturated carbocycles. The van der Waals surface area contributed by atoms with E-state index in [2.05, 4.69) is 10.3 Å². The summed E-state index contributed by atoms with van der Waals surface area (Å²) in [4.78, 5) is 16.5. The van der Waals surface area contributed by atoms with E-state index >= 15 is 0 Å². The Morgan fingerprint density at radius 3 is 2.82 bits per heavy atom. The zero-order valence-corrected chi connectivity index (χ0v) is 13.3. The fraction of sp³-hybridized carbons (Fsp3) is 0.125. The Morgan fingerprint density at radius 1 is 1.32 bits per heavy atom. The molecular weight excluding hydrogens is 323 g/mol. The molecule has 1 heterocycles. The number of amides is 1. The number of fused-ring (bicyclic) bond motifs is 1. The first-order chi connectivity index (χ1) is 10.5. The molecule has 0 radical (unpaired) electrons. The first-order valence-electron chi connectivity index (χ1n) is 6.63. The summed E-state index contributed by atoms with van der Waals surface area (Å²) in [5.41, 5.74) is 2.11. The van der Waals surface area contributed by atoms with Crippen molar-refractivity contribution in [3.05, 3.63) is 58.4 Å². The molecule has 1 amide bonds. The highest BCUT2D eigenvalue weighted by atomic mass is 35.5. The van der Waals surface area contributed by atoms with Gasteiger partial charge in [-0.1, -0.05) is 41.1 Å². The molecule has 0 aliphatic heterocycles. The molecule has 3 nitrogen and oxygen atoms in total. The van der Waals surface area contributed by atoms with E-state index in [1.54, 1.807) is 6.07 Å². The van der Waals surface area contributed by atoms with E-state index in [4.69, 9.17) is 11.6 Å². The number of carbonyl (C=O) groups excluding carboxylic acids is 1. The van der Waals surface area contributed by atoms with Gasteiger partial charge in [-0.2, -0.15) is 0 Å². The third-order valence-electron chi connectivity index (χ3n) is 3.27. The fourth-order valence-corrected chi connectivity index (χ4v) is 3.35. The highest BCUT2D eigenvalue weighted by Crippen LogP contribution is 2.28. The summed E-state index contributed by atoms with van der Waals surface area (Å²) < 4.78 is 14.7. The number of hydrogen-bond acceptors (Lipinski definition) is 3. The van der Waals surface area contributed by atoms with Gasteiger partial charge in [0.15, 0.2) is 5.13 Å². The number of aryl methyl sites for hydroxylation is 1. The number of nitrogens with one attached hydrogen (secondary N) is 1. The summed E-state index contributed by atoms with van der Waals surface area (Å²) in [6.45, 7) is 1.97. The molecule has 6 heteroatoms. The molecule has 0 fully saturated rings. The summed E-state index contributed by atoms with van der Waals surface area (Å²) >= 11 is 7.32. The van der Waals surface area contributed by atoms with Crippen molar-refractivity contribution in [3.8, 4) is 0 Å². The summed E-state index contributed by atoms with van der Waals surface area (Å²) in [5.74, 6) is -0.827. The van der Waals surface area contributed by atoms with Crippen LogP contribution in [-0.4, -0.2) is 10.9 Å². The molecular formula is C16H12ClFN2OS. The van der Waals surface area contributed by atoms with Gasteiger partial charge in [-0.15, -0.1) is 0 Å². The number of para-hydroxylation sites is 1. The van der Waals surface area contributed by atoms with Gasteiger partial charge in [0, 0.05) is 10.6 Å². The molecule has 3 aromatic rings. The molecule has 1 aromatic heterocycles. The Balaban J connectivity index is 1.80. The lowest BCUT2D eigenvalue weighted by Crippen LogP contribution is -2.15. The van der Waals surface area contributed by atoms with Crippen LogP contribution in [0.15, 0.2) is 36.4 Å². The number of halogens is 2. The van der Waals surface area contributed by atoms with E-state index in [-0.39, 0.29) is 22.9 Å². The highest BCUT2D eigenvalue weighted by Gasteiger charge is 2.14. The van der Waals surface area contributed by atoms with Gasteiger partial charge in [0.1, 0.15) is 5.82 Å². The van der Waals surface area contributed by atoms with Crippen LogP contribution in [0, 0.1) is 12.7 Å². The van der Waals surface area contributed by atoms with Crippen LogP contribution in [0.2, 0.25) is 5.02 Å². The molecule has 112 valence electrons. The Bertz CT molecular complexity index is 842. The summed E-state index contributed by atoms with van der Waals surface area (Å²) in [6.07, 6.45) is -0.125. The van der Waals surface area contributed by atoms with Crippen molar-refractivity contribution in [1.29, 1.82) is 0 Å².